The van der Waals surface area contributed by atoms with Gasteiger partial charge in [-0.2, -0.15) is 5.10 Å². The fraction of sp³-hybridized carbons (Fsp3) is 0.0909. The quantitative estimate of drug-likeness (QED) is 0.753. The molecule has 1 aromatic heterocycles. The lowest BCUT2D eigenvalue weighted by Crippen LogP contribution is -2.22. The third-order valence-electron chi connectivity index (χ3n) is 2.28. The topological polar surface area (TPSA) is 112 Å². The molecule has 0 unspecified atom stereocenters. The van der Waals surface area contributed by atoms with E-state index in [1.54, 1.807) is 36.5 Å². The smallest absolute Gasteiger partial charge is 0.320 e. The van der Waals surface area contributed by atoms with Crippen molar-refractivity contribution in [3.63, 3.8) is 0 Å². The Morgan fingerprint density at radius 3 is 2.47 bits per heavy atom. The second kappa shape index (κ2) is 5.11. The molecule has 0 saturated carbocycles. The molecule has 0 aliphatic rings. The van der Waals surface area contributed by atoms with Crippen LogP contribution in [-0.2, 0) is 14.8 Å². The third kappa shape index (κ3) is 3.55. The van der Waals surface area contributed by atoms with Crippen LogP contribution in [0.15, 0.2) is 36.5 Å². The number of benzene rings is 1. The summed E-state index contributed by atoms with van der Waals surface area (Å²) < 4.78 is 25.0. The van der Waals surface area contributed by atoms with Gasteiger partial charge in [0.25, 0.3) is 0 Å². The molecule has 0 spiro atoms. The lowest BCUT2D eigenvalue weighted by Gasteiger charge is -2.06. The van der Waals surface area contributed by atoms with Gasteiger partial charge in [-0.1, -0.05) is 12.1 Å². The van der Waals surface area contributed by atoms with Crippen LogP contribution < -0.4 is 4.72 Å². The minimum atomic E-state index is -3.87. The summed E-state index contributed by atoms with van der Waals surface area (Å²) in [5.41, 5.74) is 1.96. The molecule has 19 heavy (non-hydrogen) atoms. The number of rotatable bonds is 5. The highest BCUT2D eigenvalue weighted by atomic mass is 32.2. The van der Waals surface area contributed by atoms with Gasteiger partial charge < -0.3 is 5.11 Å². The molecule has 0 fully saturated rings. The van der Waals surface area contributed by atoms with E-state index >= 15 is 0 Å². The zero-order valence-corrected chi connectivity index (χ0v) is 10.5. The van der Waals surface area contributed by atoms with Crippen molar-refractivity contribution >= 4 is 21.7 Å². The molecular weight excluding hydrogens is 270 g/mol. The van der Waals surface area contributed by atoms with Gasteiger partial charge in [0.1, 0.15) is 0 Å². The third-order valence-corrected chi connectivity index (χ3v) is 3.46. The van der Waals surface area contributed by atoms with Gasteiger partial charge in [0, 0.05) is 11.9 Å². The maximum atomic E-state index is 11.4. The van der Waals surface area contributed by atoms with Crippen LogP contribution in [0.25, 0.3) is 11.3 Å². The second-order valence-electron chi connectivity index (χ2n) is 3.80. The van der Waals surface area contributed by atoms with Gasteiger partial charge in [-0.3, -0.25) is 14.6 Å². The minimum Gasteiger partial charge on any atom is -0.480 e. The number of carboxylic acids is 1. The number of aromatic nitrogens is 2. The lowest BCUT2D eigenvalue weighted by molar-refractivity contribution is -0.134. The summed E-state index contributed by atoms with van der Waals surface area (Å²) in [6.07, 6.45) is 1.61. The molecule has 0 aliphatic carbocycles. The van der Waals surface area contributed by atoms with E-state index in [9.17, 15) is 13.2 Å². The van der Waals surface area contributed by atoms with Crippen LogP contribution in [0.3, 0.4) is 0 Å². The number of H-pyrrole nitrogens is 1. The molecular formula is C11H11N3O4S. The Bertz CT molecular complexity index is 662. The Hall–Kier alpha value is -2.35. The lowest BCUT2D eigenvalue weighted by atomic mass is 10.1. The first kappa shape index (κ1) is 13.1. The first-order valence-electron chi connectivity index (χ1n) is 5.28. The molecule has 0 bridgehead atoms. The van der Waals surface area contributed by atoms with Crippen molar-refractivity contribution in [3.05, 3.63) is 36.5 Å². The Morgan fingerprint density at radius 2 is 1.95 bits per heavy atom. The summed E-state index contributed by atoms with van der Waals surface area (Å²) in [6, 6.07) is 8.28. The monoisotopic (exact) mass is 281 g/mol. The molecule has 1 heterocycles. The predicted octanol–water partition coefficient (Wildman–Crippen LogP) is 0.903. The zero-order chi connectivity index (χ0) is 13.9. The van der Waals surface area contributed by atoms with E-state index in [1.807, 2.05) is 0 Å². The highest BCUT2D eigenvalue weighted by Gasteiger charge is 2.15. The van der Waals surface area contributed by atoms with Gasteiger partial charge in [-0.25, -0.2) is 8.42 Å². The molecule has 1 aromatic carbocycles. The highest BCUT2D eigenvalue weighted by Crippen LogP contribution is 2.19. The van der Waals surface area contributed by atoms with Gasteiger partial charge in [-0.05, 0) is 23.8 Å². The average molecular weight is 281 g/mol. The fourth-order valence-corrected chi connectivity index (χ4v) is 2.41. The van der Waals surface area contributed by atoms with E-state index in [4.69, 9.17) is 5.11 Å². The van der Waals surface area contributed by atoms with Crippen LogP contribution in [0.4, 0.5) is 5.69 Å². The average Bonchev–Trinajstić information content (AvgIpc) is 2.81. The molecule has 0 radical (unpaired) electrons. The first-order chi connectivity index (χ1) is 8.96. The summed E-state index contributed by atoms with van der Waals surface area (Å²) in [5, 5.41) is 15.1. The number of nitrogens with zero attached hydrogens (tertiary/aromatic N) is 1. The number of aromatic amines is 1. The molecule has 2 rings (SSSR count). The maximum absolute atomic E-state index is 11.4. The van der Waals surface area contributed by atoms with Crippen LogP contribution in [0.2, 0.25) is 0 Å². The predicted molar refractivity (Wildman–Crippen MR) is 69.1 cm³/mol. The standard InChI is InChI=1S/C11H11N3O4S/c15-11(16)7-19(17,18)14-9-3-1-8(2-4-9)10-5-6-12-13-10/h1-6,14H,7H2,(H,12,13)(H,15,16). The van der Waals surface area contributed by atoms with E-state index in [-0.39, 0.29) is 0 Å². The molecule has 0 aliphatic heterocycles. The Labute approximate surface area is 109 Å². The molecule has 100 valence electrons. The zero-order valence-electron chi connectivity index (χ0n) is 9.70. The number of carboxylic acid groups (broad SMARTS) is 1. The van der Waals surface area contributed by atoms with E-state index in [0.29, 0.717) is 5.69 Å². The van der Waals surface area contributed by atoms with Crippen molar-refractivity contribution in [1.82, 2.24) is 10.2 Å². The largest absolute Gasteiger partial charge is 0.480 e. The van der Waals surface area contributed by atoms with Gasteiger partial charge in [0.05, 0.1) is 5.69 Å². The number of carbonyl (C=O) groups is 1. The molecule has 0 atom stereocenters. The van der Waals surface area contributed by atoms with Crippen molar-refractivity contribution in [2.45, 2.75) is 0 Å². The van der Waals surface area contributed by atoms with Gasteiger partial charge >= 0.3 is 5.97 Å². The summed E-state index contributed by atoms with van der Waals surface area (Å²) in [7, 11) is -3.87. The van der Waals surface area contributed by atoms with Crippen molar-refractivity contribution in [2.24, 2.45) is 0 Å². The molecule has 8 heteroatoms. The molecule has 2 aromatic rings. The van der Waals surface area contributed by atoms with E-state index in [0.717, 1.165) is 11.3 Å². The molecule has 7 nitrogen and oxygen atoms in total. The van der Waals surface area contributed by atoms with Gasteiger partial charge in [-0.15, -0.1) is 0 Å². The molecule has 0 saturated heterocycles. The van der Waals surface area contributed by atoms with Crippen molar-refractivity contribution < 1.29 is 18.3 Å². The van der Waals surface area contributed by atoms with Crippen LogP contribution in [-0.4, -0.2) is 35.4 Å². The van der Waals surface area contributed by atoms with Gasteiger partial charge in [0.2, 0.25) is 10.0 Å². The Balaban J connectivity index is 2.13. The van der Waals surface area contributed by atoms with E-state index < -0.39 is 21.7 Å². The minimum absolute atomic E-state index is 0.310. The SMILES string of the molecule is O=C(O)CS(=O)(=O)Nc1ccc(-c2ccn[nH]2)cc1. The Morgan fingerprint density at radius 1 is 1.26 bits per heavy atom. The van der Waals surface area contributed by atoms with E-state index in [2.05, 4.69) is 14.9 Å². The van der Waals surface area contributed by atoms with Crippen LogP contribution in [0.1, 0.15) is 0 Å². The number of sulfonamides is 1. The summed E-state index contributed by atoms with van der Waals surface area (Å²) in [5.74, 6) is -2.36. The Kier molecular flexibility index (Phi) is 3.52. The van der Waals surface area contributed by atoms with E-state index in [1.165, 1.54) is 0 Å². The first-order valence-corrected chi connectivity index (χ1v) is 6.93. The number of nitrogens with one attached hydrogen (secondary N) is 2. The summed E-state index contributed by atoms with van der Waals surface area (Å²) in [6.45, 7) is 0. The van der Waals surface area contributed by atoms with Crippen molar-refractivity contribution in [2.75, 3.05) is 10.5 Å². The molecule has 0 amide bonds. The summed E-state index contributed by atoms with van der Waals surface area (Å²) >= 11 is 0. The normalized spacial score (nSPS) is 11.2. The summed E-state index contributed by atoms with van der Waals surface area (Å²) in [4.78, 5) is 10.4. The van der Waals surface area contributed by atoms with Crippen molar-refractivity contribution in [3.8, 4) is 11.3 Å². The highest BCUT2D eigenvalue weighted by molar-refractivity contribution is 7.93. The number of aliphatic carboxylic acids is 1. The van der Waals surface area contributed by atoms with Crippen molar-refractivity contribution in [1.29, 1.82) is 0 Å². The van der Waals surface area contributed by atoms with Crippen LogP contribution in [0, 0.1) is 0 Å². The fourth-order valence-electron chi connectivity index (χ4n) is 1.51. The maximum Gasteiger partial charge on any atom is 0.320 e. The van der Waals surface area contributed by atoms with Crippen LogP contribution >= 0.6 is 0 Å². The van der Waals surface area contributed by atoms with Gasteiger partial charge in [0.15, 0.2) is 5.75 Å². The molecule has 3 N–H and O–H groups in total. The number of hydrogen-bond acceptors (Lipinski definition) is 4. The second-order valence-corrected chi connectivity index (χ2v) is 5.52. The van der Waals surface area contributed by atoms with Crippen LogP contribution in [0.5, 0.6) is 0 Å². The number of anilines is 1. The number of hydrogen-bond donors (Lipinski definition) is 3.